The van der Waals surface area contributed by atoms with E-state index in [0.29, 0.717) is 17.8 Å². The number of likely N-dealkylation sites (tertiary alicyclic amines) is 1. The molecule has 5 nitrogen and oxygen atoms in total. The molecule has 6 heteroatoms. The summed E-state index contributed by atoms with van der Waals surface area (Å²) in [6, 6.07) is 6.23. The second kappa shape index (κ2) is 5.12. The zero-order chi connectivity index (χ0) is 15.0. The van der Waals surface area contributed by atoms with Crippen molar-refractivity contribution in [1.29, 1.82) is 0 Å². The van der Waals surface area contributed by atoms with Crippen LogP contribution in [0.1, 0.15) is 34.1 Å². The van der Waals surface area contributed by atoms with Crippen molar-refractivity contribution in [2.45, 2.75) is 19.4 Å². The Balaban J connectivity index is 1.83. The number of hydrogen-bond acceptors (Lipinski definition) is 4. The van der Waals surface area contributed by atoms with E-state index in [4.69, 9.17) is 5.73 Å². The quantitative estimate of drug-likeness (QED) is 0.917. The normalized spacial score (nSPS) is 17.4. The van der Waals surface area contributed by atoms with Gasteiger partial charge in [-0.25, -0.2) is 14.4 Å². The highest BCUT2D eigenvalue weighted by Gasteiger charge is 2.34. The van der Waals surface area contributed by atoms with E-state index < -0.39 is 0 Å². The zero-order valence-corrected chi connectivity index (χ0v) is 11.6. The fourth-order valence-corrected chi connectivity index (χ4v) is 2.51. The summed E-state index contributed by atoms with van der Waals surface area (Å²) in [5.74, 6) is -0.241. The molecule has 1 saturated heterocycles. The number of benzene rings is 1. The number of rotatable bonds is 2. The molecule has 108 valence electrons. The van der Waals surface area contributed by atoms with Crippen LogP contribution in [0.15, 0.2) is 30.5 Å². The summed E-state index contributed by atoms with van der Waals surface area (Å²) in [4.78, 5) is 22.2. The van der Waals surface area contributed by atoms with Crippen molar-refractivity contribution in [3.63, 3.8) is 0 Å². The number of halogens is 1. The molecule has 1 aromatic heterocycles. The van der Waals surface area contributed by atoms with Crippen molar-refractivity contribution in [3.8, 4) is 0 Å². The van der Waals surface area contributed by atoms with E-state index in [9.17, 15) is 9.18 Å². The van der Waals surface area contributed by atoms with Crippen LogP contribution in [0.25, 0.3) is 0 Å². The van der Waals surface area contributed by atoms with Crippen LogP contribution in [-0.4, -0.2) is 27.3 Å². The van der Waals surface area contributed by atoms with Crippen LogP contribution in [0.2, 0.25) is 0 Å². The lowest BCUT2D eigenvalue weighted by molar-refractivity contribution is 0.0458. The molecule has 0 aliphatic carbocycles. The minimum absolute atomic E-state index is 0.0185. The molecule has 1 fully saturated rings. The minimum Gasteiger partial charge on any atom is -0.368 e. The van der Waals surface area contributed by atoms with Gasteiger partial charge in [0, 0.05) is 12.7 Å². The van der Waals surface area contributed by atoms with Gasteiger partial charge in [-0.3, -0.25) is 4.79 Å². The summed E-state index contributed by atoms with van der Waals surface area (Å²) in [6.07, 6.45) is 2.33. The van der Waals surface area contributed by atoms with Gasteiger partial charge in [-0.15, -0.1) is 0 Å². The Hall–Kier alpha value is -2.50. The molecular formula is C15H15FN4O. The Morgan fingerprint density at radius 1 is 1.38 bits per heavy atom. The molecule has 0 unspecified atom stereocenters. The topological polar surface area (TPSA) is 72.1 Å². The number of nitrogens with two attached hydrogens (primary N) is 1. The third-order valence-electron chi connectivity index (χ3n) is 3.76. The molecule has 1 aliphatic heterocycles. The van der Waals surface area contributed by atoms with Crippen molar-refractivity contribution in [3.05, 3.63) is 53.1 Å². The maximum absolute atomic E-state index is 13.0. The summed E-state index contributed by atoms with van der Waals surface area (Å²) >= 11 is 0. The number of aryl methyl sites for hydroxylation is 1. The summed E-state index contributed by atoms with van der Waals surface area (Å²) in [7, 11) is 0. The molecule has 2 aromatic rings. The Kier molecular flexibility index (Phi) is 3.29. The van der Waals surface area contributed by atoms with Gasteiger partial charge in [0.2, 0.25) is 5.95 Å². The lowest BCUT2D eigenvalue weighted by Crippen LogP contribution is -2.45. The van der Waals surface area contributed by atoms with Gasteiger partial charge in [0.25, 0.3) is 5.91 Å². The molecule has 2 N–H and O–H groups in total. The average Bonchev–Trinajstić information content (AvgIpc) is 2.40. The maximum Gasteiger partial charge on any atom is 0.257 e. The Morgan fingerprint density at radius 2 is 2.10 bits per heavy atom. The van der Waals surface area contributed by atoms with Crippen molar-refractivity contribution in [2.24, 2.45) is 0 Å². The number of hydrogen-bond donors (Lipinski definition) is 1. The van der Waals surface area contributed by atoms with Gasteiger partial charge >= 0.3 is 0 Å². The molecule has 3 rings (SSSR count). The second-order valence-electron chi connectivity index (χ2n) is 5.08. The van der Waals surface area contributed by atoms with Gasteiger partial charge in [0.05, 0.1) is 17.3 Å². The minimum atomic E-state index is -0.279. The van der Waals surface area contributed by atoms with Crippen molar-refractivity contribution in [2.75, 3.05) is 12.3 Å². The average molecular weight is 286 g/mol. The standard InChI is InChI=1S/C15H15FN4O/c1-9-12(8-18-15(17)19-9)14(21)20-7-6-13(20)10-2-4-11(16)5-3-10/h2-5,8,13H,6-7H2,1H3,(H2,17,18,19)/t13-/m0/s1. The molecule has 0 saturated carbocycles. The van der Waals surface area contributed by atoms with Gasteiger partial charge < -0.3 is 10.6 Å². The lowest BCUT2D eigenvalue weighted by atomic mass is 9.93. The van der Waals surface area contributed by atoms with Gasteiger partial charge in [-0.2, -0.15) is 0 Å². The van der Waals surface area contributed by atoms with Crippen LogP contribution in [0.5, 0.6) is 0 Å². The molecule has 0 radical (unpaired) electrons. The fraction of sp³-hybridized carbons (Fsp3) is 0.267. The number of nitrogens with zero attached hydrogens (tertiary/aromatic N) is 3. The van der Waals surface area contributed by atoms with Crippen molar-refractivity contribution >= 4 is 11.9 Å². The van der Waals surface area contributed by atoms with E-state index in [-0.39, 0.29) is 23.7 Å². The highest BCUT2D eigenvalue weighted by molar-refractivity contribution is 5.95. The van der Waals surface area contributed by atoms with Crippen LogP contribution in [-0.2, 0) is 0 Å². The van der Waals surface area contributed by atoms with Gasteiger partial charge in [0.15, 0.2) is 0 Å². The number of nitrogen functional groups attached to an aromatic ring is 1. The molecule has 1 aliphatic rings. The first-order valence-corrected chi connectivity index (χ1v) is 6.72. The molecule has 2 heterocycles. The lowest BCUT2D eigenvalue weighted by Gasteiger charge is -2.41. The molecule has 0 bridgehead atoms. The third-order valence-corrected chi connectivity index (χ3v) is 3.76. The first-order chi connectivity index (χ1) is 10.1. The zero-order valence-electron chi connectivity index (χ0n) is 11.6. The van der Waals surface area contributed by atoms with Crippen LogP contribution < -0.4 is 5.73 Å². The smallest absolute Gasteiger partial charge is 0.257 e. The predicted molar refractivity (Wildman–Crippen MR) is 76.0 cm³/mol. The number of aromatic nitrogens is 2. The van der Waals surface area contributed by atoms with Gasteiger partial charge in [-0.1, -0.05) is 12.1 Å². The summed E-state index contributed by atoms with van der Waals surface area (Å²) in [5, 5.41) is 0. The Labute approximate surface area is 121 Å². The number of carbonyl (C=O) groups excluding carboxylic acids is 1. The Bertz CT molecular complexity index is 687. The van der Waals surface area contributed by atoms with Crippen molar-refractivity contribution in [1.82, 2.24) is 14.9 Å². The van der Waals surface area contributed by atoms with E-state index in [1.54, 1.807) is 24.0 Å². The van der Waals surface area contributed by atoms with Crippen LogP contribution in [0, 0.1) is 12.7 Å². The largest absolute Gasteiger partial charge is 0.368 e. The number of amides is 1. The first-order valence-electron chi connectivity index (χ1n) is 6.72. The number of anilines is 1. The highest BCUT2D eigenvalue weighted by Crippen LogP contribution is 2.34. The SMILES string of the molecule is Cc1nc(N)ncc1C(=O)N1CC[C@H]1c1ccc(F)cc1. The summed E-state index contributed by atoms with van der Waals surface area (Å²) in [5.41, 5.74) is 7.46. The molecule has 1 aromatic carbocycles. The molecular weight excluding hydrogens is 271 g/mol. The highest BCUT2D eigenvalue weighted by atomic mass is 19.1. The second-order valence-corrected chi connectivity index (χ2v) is 5.08. The van der Waals surface area contributed by atoms with Gasteiger partial charge in [0.1, 0.15) is 5.82 Å². The van der Waals surface area contributed by atoms with Gasteiger partial charge in [-0.05, 0) is 31.0 Å². The molecule has 0 spiro atoms. The fourth-order valence-electron chi connectivity index (χ4n) is 2.51. The summed E-state index contributed by atoms with van der Waals surface area (Å²) < 4.78 is 13.0. The molecule has 1 atom stereocenters. The van der Waals surface area contributed by atoms with E-state index in [2.05, 4.69) is 9.97 Å². The van der Waals surface area contributed by atoms with E-state index in [1.165, 1.54) is 18.3 Å². The summed E-state index contributed by atoms with van der Waals surface area (Å²) in [6.45, 7) is 2.41. The maximum atomic E-state index is 13.0. The van der Waals surface area contributed by atoms with Crippen LogP contribution in [0.4, 0.5) is 10.3 Å². The monoisotopic (exact) mass is 286 g/mol. The van der Waals surface area contributed by atoms with Crippen molar-refractivity contribution < 1.29 is 9.18 Å². The van der Waals surface area contributed by atoms with Crippen LogP contribution in [0.3, 0.4) is 0 Å². The van der Waals surface area contributed by atoms with E-state index >= 15 is 0 Å². The number of carbonyl (C=O) groups is 1. The third kappa shape index (κ3) is 2.44. The predicted octanol–water partition coefficient (Wildman–Crippen LogP) is 2.09. The molecule has 21 heavy (non-hydrogen) atoms. The van der Waals surface area contributed by atoms with E-state index in [1.807, 2.05) is 0 Å². The van der Waals surface area contributed by atoms with Crippen LogP contribution >= 0.6 is 0 Å². The Morgan fingerprint density at radius 3 is 2.67 bits per heavy atom. The molecule has 1 amide bonds. The first kappa shape index (κ1) is 13.5. The van der Waals surface area contributed by atoms with E-state index in [0.717, 1.165) is 12.0 Å².